The van der Waals surface area contributed by atoms with E-state index in [9.17, 15) is 18.0 Å². The van der Waals surface area contributed by atoms with E-state index in [4.69, 9.17) is 11.6 Å². The highest BCUT2D eigenvalue weighted by atomic mass is 79.9. The fourth-order valence-corrected chi connectivity index (χ4v) is 2.44. The predicted molar refractivity (Wildman–Crippen MR) is 90.7 cm³/mol. The number of ether oxygens (including phenoxy) is 1. The molecule has 2 aromatic rings. The summed E-state index contributed by atoms with van der Waals surface area (Å²) in [5, 5.41) is -0.160. The van der Waals surface area contributed by atoms with E-state index in [1.54, 1.807) is 7.05 Å². The molecule has 4 nitrogen and oxygen atoms in total. The van der Waals surface area contributed by atoms with E-state index in [1.807, 2.05) is 24.3 Å². The maximum atomic E-state index is 12.4. The Morgan fingerprint density at radius 3 is 2.52 bits per heavy atom. The molecule has 0 spiro atoms. The second-order valence-electron chi connectivity index (χ2n) is 5.20. The number of hydrogen-bond donors (Lipinski definition) is 0. The van der Waals surface area contributed by atoms with Crippen molar-refractivity contribution in [1.82, 2.24) is 9.88 Å². The van der Waals surface area contributed by atoms with Crippen LogP contribution in [0.15, 0.2) is 41.0 Å². The molecule has 1 aromatic heterocycles. The van der Waals surface area contributed by atoms with E-state index < -0.39 is 12.8 Å². The van der Waals surface area contributed by atoms with Crippen LogP contribution in [0.25, 0.3) is 0 Å². The van der Waals surface area contributed by atoms with Crippen LogP contribution in [-0.2, 0) is 6.54 Å². The van der Waals surface area contributed by atoms with E-state index in [-0.39, 0.29) is 22.4 Å². The Hall–Kier alpha value is -1.80. The minimum Gasteiger partial charge on any atom is -0.467 e. The van der Waals surface area contributed by atoms with Crippen LogP contribution in [0.4, 0.5) is 13.2 Å². The molecule has 0 atom stereocenters. The van der Waals surface area contributed by atoms with Gasteiger partial charge in [0.1, 0.15) is 5.02 Å². The number of rotatable bonds is 5. The molecule has 0 unspecified atom stereocenters. The van der Waals surface area contributed by atoms with Crippen LogP contribution in [0.3, 0.4) is 0 Å². The van der Waals surface area contributed by atoms with Gasteiger partial charge in [0.05, 0.1) is 5.56 Å². The normalized spacial score (nSPS) is 11.3. The predicted octanol–water partition coefficient (Wildman–Crippen LogP) is 4.71. The van der Waals surface area contributed by atoms with Gasteiger partial charge in [-0.2, -0.15) is 13.2 Å². The molecule has 0 fully saturated rings. The van der Waals surface area contributed by atoms with Crippen LogP contribution in [0.5, 0.6) is 5.88 Å². The molecule has 0 aliphatic rings. The van der Waals surface area contributed by atoms with Crippen LogP contribution in [-0.4, -0.2) is 35.6 Å². The van der Waals surface area contributed by atoms with Crippen molar-refractivity contribution in [2.45, 2.75) is 12.7 Å². The fraction of sp³-hybridized carbons (Fsp3) is 0.250. The average Bonchev–Trinajstić information content (AvgIpc) is 2.54. The first kappa shape index (κ1) is 19.5. The van der Waals surface area contributed by atoms with Gasteiger partial charge in [-0.05, 0) is 23.8 Å². The molecule has 0 radical (unpaired) electrons. The van der Waals surface area contributed by atoms with E-state index in [1.165, 1.54) is 11.0 Å². The molecule has 0 saturated carbocycles. The van der Waals surface area contributed by atoms with Crippen LogP contribution < -0.4 is 4.74 Å². The number of pyridine rings is 1. The highest BCUT2D eigenvalue weighted by Crippen LogP contribution is 2.25. The molecule has 1 amide bonds. The number of benzene rings is 1. The zero-order chi connectivity index (χ0) is 18.6. The van der Waals surface area contributed by atoms with Gasteiger partial charge >= 0.3 is 6.18 Å². The zero-order valence-corrected chi connectivity index (χ0v) is 15.3. The number of alkyl halides is 3. The standard InChI is InChI=1S/C16H13BrClF3N2O2/c1-23(8-10-2-4-12(17)5-3-10)15(24)11-6-13(18)14(22-7-11)25-9-16(19,20)21/h2-7H,8-9H2,1H3. The number of carbonyl (C=O) groups excluding carboxylic acids is 1. The zero-order valence-electron chi connectivity index (χ0n) is 13.0. The molecule has 134 valence electrons. The van der Waals surface area contributed by atoms with Crippen molar-refractivity contribution in [3.05, 3.63) is 57.2 Å². The second kappa shape index (κ2) is 8.05. The maximum Gasteiger partial charge on any atom is 0.422 e. The second-order valence-corrected chi connectivity index (χ2v) is 6.53. The smallest absolute Gasteiger partial charge is 0.422 e. The van der Waals surface area contributed by atoms with Gasteiger partial charge in [-0.25, -0.2) is 4.98 Å². The lowest BCUT2D eigenvalue weighted by atomic mass is 10.2. The molecule has 0 aliphatic carbocycles. The van der Waals surface area contributed by atoms with Crippen molar-refractivity contribution in [2.24, 2.45) is 0 Å². The minimum atomic E-state index is -4.50. The van der Waals surface area contributed by atoms with Crippen molar-refractivity contribution in [1.29, 1.82) is 0 Å². The van der Waals surface area contributed by atoms with Crippen LogP contribution in [0, 0.1) is 0 Å². The number of aromatic nitrogens is 1. The van der Waals surface area contributed by atoms with Crippen LogP contribution in [0.1, 0.15) is 15.9 Å². The molecule has 2 rings (SSSR count). The molecular weight excluding hydrogens is 425 g/mol. The summed E-state index contributed by atoms with van der Waals surface area (Å²) in [6, 6.07) is 8.69. The third kappa shape index (κ3) is 5.89. The van der Waals surface area contributed by atoms with E-state index >= 15 is 0 Å². The molecule has 9 heteroatoms. The number of hydrogen-bond acceptors (Lipinski definition) is 3. The Labute approximate surface area is 155 Å². The first-order chi connectivity index (χ1) is 11.7. The number of amides is 1. The third-order valence-electron chi connectivity index (χ3n) is 3.11. The number of halogens is 5. The maximum absolute atomic E-state index is 12.4. The highest BCUT2D eigenvalue weighted by Gasteiger charge is 2.29. The van der Waals surface area contributed by atoms with Gasteiger partial charge in [-0.3, -0.25) is 4.79 Å². The van der Waals surface area contributed by atoms with E-state index in [2.05, 4.69) is 25.7 Å². The monoisotopic (exact) mass is 436 g/mol. The van der Waals surface area contributed by atoms with Crippen molar-refractivity contribution >= 4 is 33.4 Å². The summed E-state index contributed by atoms with van der Waals surface area (Å²) in [5.74, 6) is -0.731. The first-order valence-corrected chi connectivity index (χ1v) is 8.18. The Morgan fingerprint density at radius 1 is 1.32 bits per heavy atom. The Bertz CT molecular complexity index is 754. The molecule has 0 aliphatic heterocycles. The topological polar surface area (TPSA) is 42.4 Å². The van der Waals surface area contributed by atoms with Crippen molar-refractivity contribution < 1.29 is 22.7 Å². The largest absolute Gasteiger partial charge is 0.467 e. The summed E-state index contributed by atoms with van der Waals surface area (Å²) in [6.07, 6.45) is -3.36. The van der Waals surface area contributed by atoms with E-state index in [0.717, 1.165) is 16.2 Å². The molecule has 0 N–H and O–H groups in total. The third-order valence-corrected chi connectivity index (χ3v) is 3.91. The van der Waals surface area contributed by atoms with Gasteiger partial charge in [-0.1, -0.05) is 39.7 Å². The summed E-state index contributed by atoms with van der Waals surface area (Å²) in [4.78, 5) is 17.5. The number of carbonyl (C=O) groups is 1. The van der Waals surface area contributed by atoms with Crippen molar-refractivity contribution in [3.63, 3.8) is 0 Å². The molecule has 1 heterocycles. The van der Waals surface area contributed by atoms with Gasteiger partial charge in [0.25, 0.3) is 5.91 Å². The molecular formula is C16H13BrClF3N2O2. The number of nitrogens with zero attached hydrogens (tertiary/aromatic N) is 2. The molecule has 1 aromatic carbocycles. The lowest BCUT2D eigenvalue weighted by Crippen LogP contribution is -2.26. The summed E-state index contributed by atoms with van der Waals surface area (Å²) >= 11 is 9.19. The lowest BCUT2D eigenvalue weighted by Gasteiger charge is -2.18. The highest BCUT2D eigenvalue weighted by molar-refractivity contribution is 9.10. The first-order valence-electron chi connectivity index (χ1n) is 7.01. The van der Waals surface area contributed by atoms with Gasteiger partial charge < -0.3 is 9.64 Å². The molecule has 25 heavy (non-hydrogen) atoms. The lowest BCUT2D eigenvalue weighted by molar-refractivity contribution is -0.154. The van der Waals surface area contributed by atoms with Crippen molar-refractivity contribution in [2.75, 3.05) is 13.7 Å². The summed E-state index contributed by atoms with van der Waals surface area (Å²) in [5.41, 5.74) is 1.08. The van der Waals surface area contributed by atoms with Gasteiger partial charge in [0.15, 0.2) is 6.61 Å². The van der Waals surface area contributed by atoms with Gasteiger partial charge in [-0.15, -0.1) is 0 Å². The van der Waals surface area contributed by atoms with Gasteiger partial charge in [0, 0.05) is 24.3 Å². The summed E-state index contributed by atoms with van der Waals surface area (Å²) in [6.45, 7) is -1.15. The SMILES string of the molecule is CN(Cc1ccc(Br)cc1)C(=O)c1cnc(OCC(F)(F)F)c(Cl)c1. The Morgan fingerprint density at radius 2 is 1.96 bits per heavy atom. The van der Waals surface area contributed by atoms with E-state index in [0.29, 0.717) is 6.54 Å². The quantitative estimate of drug-likeness (QED) is 0.680. The van der Waals surface area contributed by atoms with Crippen molar-refractivity contribution in [3.8, 4) is 5.88 Å². The minimum absolute atomic E-state index is 0.156. The Balaban J connectivity index is 2.05. The van der Waals surface area contributed by atoms with Crippen LogP contribution >= 0.6 is 27.5 Å². The Kier molecular flexibility index (Phi) is 6.29. The van der Waals surface area contributed by atoms with Gasteiger partial charge in [0.2, 0.25) is 5.88 Å². The molecule has 0 bridgehead atoms. The average molecular weight is 438 g/mol. The summed E-state index contributed by atoms with van der Waals surface area (Å²) < 4.78 is 41.9. The fourth-order valence-electron chi connectivity index (χ4n) is 1.95. The van der Waals surface area contributed by atoms with Crippen LogP contribution in [0.2, 0.25) is 5.02 Å². The molecule has 0 saturated heterocycles. The summed E-state index contributed by atoms with van der Waals surface area (Å²) in [7, 11) is 1.60.